The van der Waals surface area contributed by atoms with E-state index in [1.807, 2.05) is 32.0 Å². The van der Waals surface area contributed by atoms with Gasteiger partial charge < -0.3 is 5.11 Å². The minimum Gasteiger partial charge on any atom is -0.391 e. The van der Waals surface area contributed by atoms with Crippen LogP contribution in [0.25, 0.3) is 0 Å². The van der Waals surface area contributed by atoms with Crippen molar-refractivity contribution < 1.29 is 13.5 Å². The first-order valence-corrected chi connectivity index (χ1v) is 8.20. The molecule has 2 atom stereocenters. The first kappa shape index (κ1) is 12.9. The van der Waals surface area contributed by atoms with Crippen LogP contribution in [0.15, 0.2) is 23.1 Å². The molecule has 17 heavy (non-hydrogen) atoms. The molecule has 1 fully saturated rings. The molecule has 0 amide bonds. The van der Waals surface area contributed by atoms with Crippen LogP contribution < -0.4 is 0 Å². The molecule has 0 radical (unpaired) electrons. The predicted octanol–water partition coefficient (Wildman–Crippen LogP) is 1.55. The van der Waals surface area contributed by atoms with Crippen LogP contribution >= 0.6 is 11.8 Å². The molecular formula is C12H16O3S2. The van der Waals surface area contributed by atoms with Crippen molar-refractivity contribution in [3.63, 3.8) is 0 Å². The molecule has 1 aliphatic rings. The Bertz CT molecular complexity index is 523. The highest BCUT2D eigenvalue weighted by atomic mass is 32.2. The Morgan fingerprint density at radius 3 is 2.59 bits per heavy atom. The summed E-state index contributed by atoms with van der Waals surface area (Å²) in [5.74, 6) is -0.0260. The Balaban J connectivity index is 2.19. The van der Waals surface area contributed by atoms with Gasteiger partial charge in [0.25, 0.3) is 0 Å². The third kappa shape index (κ3) is 3.03. The summed E-state index contributed by atoms with van der Waals surface area (Å²) < 4.78 is 22.8. The minimum absolute atomic E-state index is 0.0756. The van der Waals surface area contributed by atoms with Crippen LogP contribution in [-0.4, -0.2) is 36.4 Å². The highest BCUT2D eigenvalue weighted by Crippen LogP contribution is 2.33. The molecule has 0 spiro atoms. The maximum Gasteiger partial charge on any atom is 0.154 e. The van der Waals surface area contributed by atoms with E-state index < -0.39 is 15.9 Å². The maximum absolute atomic E-state index is 11.4. The summed E-state index contributed by atoms with van der Waals surface area (Å²) in [5, 5.41) is 9.51. The monoisotopic (exact) mass is 272 g/mol. The van der Waals surface area contributed by atoms with E-state index in [-0.39, 0.29) is 16.8 Å². The van der Waals surface area contributed by atoms with Gasteiger partial charge in [-0.25, -0.2) is 8.42 Å². The lowest BCUT2D eigenvalue weighted by Gasteiger charge is -2.14. The van der Waals surface area contributed by atoms with Gasteiger partial charge in [0, 0.05) is 4.90 Å². The van der Waals surface area contributed by atoms with Crippen molar-refractivity contribution in [2.75, 3.05) is 11.5 Å². The topological polar surface area (TPSA) is 54.4 Å². The van der Waals surface area contributed by atoms with Gasteiger partial charge in [-0.1, -0.05) is 17.7 Å². The summed E-state index contributed by atoms with van der Waals surface area (Å²) >= 11 is 1.47. The fraction of sp³-hybridized carbons (Fsp3) is 0.500. The minimum atomic E-state index is -3.06. The molecule has 0 aliphatic carbocycles. The van der Waals surface area contributed by atoms with E-state index in [0.717, 1.165) is 16.0 Å². The lowest BCUT2D eigenvalue weighted by Crippen LogP contribution is -2.19. The Labute approximate surface area is 106 Å². The molecule has 94 valence electrons. The molecule has 0 bridgehead atoms. The van der Waals surface area contributed by atoms with Gasteiger partial charge in [-0.15, -0.1) is 11.8 Å². The standard InChI is InChI=1S/C12H16O3S2/c1-8-3-4-9(2)11(5-8)16-12-7-17(14,15)6-10(12)13/h3-5,10,12-13H,6-7H2,1-2H3. The first-order chi connectivity index (χ1) is 7.87. The van der Waals surface area contributed by atoms with Crippen molar-refractivity contribution in [3.05, 3.63) is 29.3 Å². The first-order valence-electron chi connectivity index (χ1n) is 5.50. The molecule has 3 nitrogen and oxygen atoms in total. The molecule has 0 saturated carbocycles. The van der Waals surface area contributed by atoms with Crippen molar-refractivity contribution in [2.24, 2.45) is 0 Å². The third-order valence-electron chi connectivity index (χ3n) is 2.89. The van der Waals surface area contributed by atoms with Crippen LogP contribution in [0.1, 0.15) is 11.1 Å². The highest BCUT2D eigenvalue weighted by molar-refractivity contribution is 8.02. The lowest BCUT2D eigenvalue weighted by molar-refractivity contribution is 0.207. The van der Waals surface area contributed by atoms with Crippen LogP contribution in [0, 0.1) is 13.8 Å². The quantitative estimate of drug-likeness (QED) is 0.887. The highest BCUT2D eigenvalue weighted by Gasteiger charge is 2.37. The summed E-state index contributed by atoms with van der Waals surface area (Å²) in [5.41, 5.74) is 2.27. The van der Waals surface area contributed by atoms with Crippen molar-refractivity contribution in [1.29, 1.82) is 0 Å². The second kappa shape index (κ2) is 4.63. The number of aryl methyl sites for hydroxylation is 2. The normalized spacial score (nSPS) is 27.2. The van der Waals surface area contributed by atoms with Gasteiger partial charge in [0.15, 0.2) is 9.84 Å². The summed E-state index contributed by atoms with van der Waals surface area (Å²) in [4.78, 5) is 1.06. The Morgan fingerprint density at radius 1 is 1.29 bits per heavy atom. The van der Waals surface area contributed by atoms with E-state index in [4.69, 9.17) is 0 Å². The molecule has 1 heterocycles. The smallest absolute Gasteiger partial charge is 0.154 e. The molecule has 1 aromatic carbocycles. The summed E-state index contributed by atoms with van der Waals surface area (Å²) in [6.07, 6.45) is -0.745. The fourth-order valence-corrected chi connectivity index (χ4v) is 5.62. The van der Waals surface area contributed by atoms with Gasteiger partial charge in [0.2, 0.25) is 0 Å². The lowest BCUT2D eigenvalue weighted by atomic mass is 10.2. The van der Waals surface area contributed by atoms with Gasteiger partial charge in [-0.2, -0.15) is 0 Å². The number of hydrogen-bond donors (Lipinski definition) is 1. The molecule has 5 heteroatoms. The number of aliphatic hydroxyl groups is 1. The van der Waals surface area contributed by atoms with E-state index in [1.165, 1.54) is 11.8 Å². The number of benzene rings is 1. The van der Waals surface area contributed by atoms with E-state index in [2.05, 4.69) is 0 Å². The number of hydrogen-bond acceptors (Lipinski definition) is 4. The van der Waals surface area contributed by atoms with Crippen LogP contribution in [0.5, 0.6) is 0 Å². The van der Waals surface area contributed by atoms with Crippen molar-refractivity contribution >= 4 is 21.6 Å². The molecule has 1 N–H and O–H groups in total. The second-order valence-corrected chi connectivity index (χ2v) is 8.00. The van der Waals surface area contributed by atoms with E-state index in [0.29, 0.717) is 0 Å². The van der Waals surface area contributed by atoms with Gasteiger partial charge in [-0.3, -0.25) is 0 Å². The van der Waals surface area contributed by atoms with Gasteiger partial charge >= 0.3 is 0 Å². The van der Waals surface area contributed by atoms with Gasteiger partial charge in [0.1, 0.15) is 0 Å². The Morgan fingerprint density at radius 2 is 2.00 bits per heavy atom. The van der Waals surface area contributed by atoms with Crippen LogP contribution in [0.4, 0.5) is 0 Å². The second-order valence-electron chi connectivity index (χ2n) is 4.57. The van der Waals surface area contributed by atoms with Gasteiger partial charge in [0.05, 0.1) is 22.9 Å². The Hall–Kier alpha value is -0.520. The van der Waals surface area contributed by atoms with Crippen molar-refractivity contribution in [3.8, 4) is 0 Å². The van der Waals surface area contributed by atoms with Crippen LogP contribution in [0.3, 0.4) is 0 Å². The molecule has 1 saturated heterocycles. The third-order valence-corrected chi connectivity index (χ3v) is 6.30. The molecule has 1 aromatic rings. The number of rotatable bonds is 2. The summed E-state index contributed by atoms with van der Waals surface area (Å²) in [7, 11) is -3.06. The van der Waals surface area contributed by atoms with Crippen LogP contribution in [0.2, 0.25) is 0 Å². The van der Waals surface area contributed by atoms with Crippen molar-refractivity contribution in [1.82, 2.24) is 0 Å². The maximum atomic E-state index is 11.4. The molecule has 2 unspecified atom stereocenters. The SMILES string of the molecule is Cc1ccc(C)c(SC2CS(=O)(=O)CC2O)c1. The predicted molar refractivity (Wildman–Crippen MR) is 70.2 cm³/mol. The number of aliphatic hydroxyl groups excluding tert-OH is 1. The van der Waals surface area contributed by atoms with Crippen molar-refractivity contribution in [2.45, 2.75) is 30.1 Å². The van der Waals surface area contributed by atoms with E-state index >= 15 is 0 Å². The molecular weight excluding hydrogens is 256 g/mol. The largest absolute Gasteiger partial charge is 0.391 e. The summed E-state index contributed by atoms with van der Waals surface area (Å²) in [6.45, 7) is 4.00. The zero-order valence-electron chi connectivity index (χ0n) is 9.88. The number of thioether (sulfide) groups is 1. The Kier molecular flexibility index (Phi) is 3.52. The van der Waals surface area contributed by atoms with Gasteiger partial charge in [-0.05, 0) is 25.5 Å². The van der Waals surface area contributed by atoms with E-state index in [1.54, 1.807) is 0 Å². The summed E-state index contributed by atoms with van der Waals surface area (Å²) in [6, 6.07) is 6.09. The average molecular weight is 272 g/mol. The number of sulfone groups is 1. The fourth-order valence-electron chi connectivity index (χ4n) is 1.91. The van der Waals surface area contributed by atoms with Crippen LogP contribution in [-0.2, 0) is 9.84 Å². The molecule has 0 aromatic heterocycles. The molecule has 2 rings (SSSR count). The average Bonchev–Trinajstić information content (AvgIpc) is 2.46. The zero-order valence-corrected chi connectivity index (χ0v) is 11.5. The molecule has 1 aliphatic heterocycles. The zero-order chi connectivity index (χ0) is 12.6. The van der Waals surface area contributed by atoms with E-state index in [9.17, 15) is 13.5 Å².